The molecule has 0 spiro atoms. The highest BCUT2D eigenvalue weighted by atomic mass is 35.5. The van der Waals surface area contributed by atoms with Crippen LogP contribution in [0.15, 0.2) is 35.3 Å². The van der Waals surface area contributed by atoms with Crippen LogP contribution in [0.5, 0.6) is 0 Å². The van der Waals surface area contributed by atoms with E-state index in [1.54, 1.807) is 18.2 Å². The first-order valence-electron chi connectivity index (χ1n) is 4.41. The Kier molecular flexibility index (Phi) is 2.99. The minimum absolute atomic E-state index is 0.402. The van der Waals surface area contributed by atoms with Gasteiger partial charge in [-0.1, -0.05) is 29.3 Å². The lowest BCUT2D eigenvalue weighted by molar-refractivity contribution is 0.609. The summed E-state index contributed by atoms with van der Waals surface area (Å²) in [6, 6.07) is 6.00. The molecule has 16 heavy (non-hydrogen) atoms. The Labute approximate surface area is 101 Å². The molecule has 1 heterocycles. The number of benzene rings is 1. The fourth-order valence-electron chi connectivity index (χ4n) is 1.34. The summed E-state index contributed by atoms with van der Waals surface area (Å²) >= 11 is 11.7. The van der Waals surface area contributed by atoms with Crippen LogP contribution in [0, 0.1) is 5.82 Å². The number of aromatic amines is 1. The maximum Gasteiger partial charge on any atom is 0.283 e. The van der Waals surface area contributed by atoms with Gasteiger partial charge in [0.25, 0.3) is 5.56 Å². The molecule has 0 fully saturated rings. The van der Waals surface area contributed by atoms with E-state index >= 15 is 0 Å². The summed E-state index contributed by atoms with van der Waals surface area (Å²) in [4.78, 5) is 13.1. The van der Waals surface area contributed by atoms with Crippen LogP contribution >= 0.6 is 23.2 Å². The number of H-pyrrole nitrogens is 1. The first-order valence-corrected chi connectivity index (χ1v) is 5.17. The van der Waals surface area contributed by atoms with E-state index in [-0.39, 0.29) is 0 Å². The van der Waals surface area contributed by atoms with Crippen molar-refractivity contribution in [1.82, 2.24) is 4.98 Å². The van der Waals surface area contributed by atoms with E-state index in [9.17, 15) is 9.18 Å². The second-order valence-electron chi connectivity index (χ2n) is 3.19. The molecule has 0 bridgehead atoms. The zero-order chi connectivity index (χ0) is 11.7. The molecule has 0 saturated carbocycles. The van der Waals surface area contributed by atoms with E-state index in [2.05, 4.69) is 4.98 Å². The predicted molar refractivity (Wildman–Crippen MR) is 62.5 cm³/mol. The quantitative estimate of drug-likeness (QED) is 0.834. The summed E-state index contributed by atoms with van der Waals surface area (Å²) in [7, 11) is 0. The van der Waals surface area contributed by atoms with E-state index in [1.807, 2.05) is 0 Å². The number of pyridine rings is 1. The lowest BCUT2D eigenvalue weighted by Gasteiger charge is -2.04. The van der Waals surface area contributed by atoms with E-state index < -0.39 is 11.4 Å². The van der Waals surface area contributed by atoms with Gasteiger partial charge in [-0.05, 0) is 18.2 Å². The molecule has 1 aromatic carbocycles. The second kappa shape index (κ2) is 4.28. The molecule has 1 aromatic heterocycles. The fourth-order valence-corrected chi connectivity index (χ4v) is 1.85. The summed E-state index contributed by atoms with van der Waals surface area (Å²) in [5, 5.41) is 0.901. The normalized spacial score (nSPS) is 10.4. The Hall–Kier alpha value is -1.32. The standard InChI is InChI=1S/C11H6Cl2FNO/c12-7-1-2-8(9(13)4-7)6-3-10(14)11(16)15-5-6/h1-5H,(H,15,16). The van der Waals surface area contributed by atoms with Crippen LogP contribution in [0.2, 0.25) is 10.0 Å². The molecule has 0 atom stereocenters. The van der Waals surface area contributed by atoms with Gasteiger partial charge in [0.2, 0.25) is 0 Å². The molecule has 0 aliphatic heterocycles. The molecular weight excluding hydrogens is 252 g/mol. The number of aromatic nitrogens is 1. The van der Waals surface area contributed by atoms with Gasteiger partial charge < -0.3 is 4.98 Å². The van der Waals surface area contributed by atoms with E-state index in [0.29, 0.717) is 21.2 Å². The Morgan fingerprint density at radius 3 is 2.56 bits per heavy atom. The lowest BCUT2D eigenvalue weighted by Crippen LogP contribution is -2.09. The molecule has 0 saturated heterocycles. The first-order chi connectivity index (χ1) is 7.58. The largest absolute Gasteiger partial charge is 0.326 e. The van der Waals surface area contributed by atoms with Crippen LogP contribution in [0.3, 0.4) is 0 Å². The third-order valence-electron chi connectivity index (χ3n) is 2.10. The van der Waals surface area contributed by atoms with E-state index in [0.717, 1.165) is 6.07 Å². The van der Waals surface area contributed by atoms with Crippen LogP contribution in [0.1, 0.15) is 0 Å². The molecule has 0 aliphatic carbocycles. The molecule has 1 N–H and O–H groups in total. The van der Waals surface area contributed by atoms with Crippen molar-refractivity contribution in [2.24, 2.45) is 0 Å². The number of rotatable bonds is 1. The molecule has 0 radical (unpaired) electrons. The molecular formula is C11H6Cl2FNO. The molecule has 0 unspecified atom stereocenters. The minimum atomic E-state index is -0.844. The average molecular weight is 258 g/mol. The minimum Gasteiger partial charge on any atom is -0.326 e. The molecule has 5 heteroatoms. The number of nitrogens with one attached hydrogen (secondary N) is 1. The maximum absolute atomic E-state index is 13.1. The number of hydrogen-bond donors (Lipinski definition) is 1. The van der Waals surface area contributed by atoms with Crippen molar-refractivity contribution in [2.45, 2.75) is 0 Å². The summed E-state index contributed by atoms with van der Waals surface area (Å²) in [6.45, 7) is 0. The summed E-state index contributed by atoms with van der Waals surface area (Å²) < 4.78 is 13.1. The smallest absolute Gasteiger partial charge is 0.283 e. The summed E-state index contributed by atoms with van der Waals surface area (Å²) in [5.41, 5.74) is 0.355. The lowest BCUT2D eigenvalue weighted by atomic mass is 10.1. The van der Waals surface area contributed by atoms with E-state index in [4.69, 9.17) is 23.2 Å². The third kappa shape index (κ3) is 2.10. The SMILES string of the molecule is O=c1[nH]cc(-c2ccc(Cl)cc2Cl)cc1F. The molecule has 2 nitrogen and oxygen atoms in total. The van der Waals surface area contributed by atoms with Crippen LogP contribution in [0.4, 0.5) is 4.39 Å². The molecule has 0 amide bonds. The Balaban J connectivity index is 2.59. The van der Waals surface area contributed by atoms with Crippen LogP contribution < -0.4 is 5.56 Å². The topological polar surface area (TPSA) is 32.9 Å². The van der Waals surface area contributed by atoms with Crippen molar-refractivity contribution < 1.29 is 4.39 Å². The molecule has 82 valence electrons. The van der Waals surface area contributed by atoms with E-state index in [1.165, 1.54) is 6.20 Å². The van der Waals surface area contributed by atoms with Gasteiger partial charge in [-0.3, -0.25) is 4.79 Å². The summed E-state index contributed by atoms with van der Waals surface area (Å²) in [5.74, 6) is -0.844. The number of halogens is 3. The van der Waals surface area contributed by atoms with Gasteiger partial charge in [0.15, 0.2) is 5.82 Å². The van der Waals surface area contributed by atoms with Crippen molar-refractivity contribution in [3.63, 3.8) is 0 Å². The van der Waals surface area contributed by atoms with Crippen molar-refractivity contribution in [2.75, 3.05) is 0 Å². The first kappa shape index (κ1) is 11.2. The molecule has 0 aliphatic rings. The molecule has 2 rings (SSSR count). The van der Waals surface area contributed by atoms with Crippen molar-refractivity contribution in [1.29, 1.82) is 0 Å². The zero-order valence-corrected chi connectivity index (χ0v) is 9.44. The average Bonchev–Trinajstić information content (AvgIpc) is 2.22. The van der Waals surface area contributed by atoms with Crippen molar-refractivity contribution >= 4 is 23.2 Å². The van der Waals surface area contributed by atoms with Gasteiger partial charge in [-0.25, -0.2) is 4.39 Å². The zero-order valence-electron chi connectivity index (χ0n) is 7.93. The van der Waals surface area contributed by atoms with Gasteiger partial charge in [-0.15, -0.1) is 0 Å². The highest BCUT2D eigenvalue weighted by Crippen LogP contribution is 2.29. The van der Waals surface area contributed by atoms with Crippen LogP contribution in [-0.4, -0.2) is 4.98 Å². The van der Waals surface area contributed by atoms with Gasteiger partial charge in [0, 0.05) is 27.4 Å². The summed E-state index contributed by atoms with van der Waals surface area (Å²) in [6.07, 6.45) is 1.40. The highest BCUT2D eigenvalue weighted by molar-refractivity contribution is 6.36. The van der Waals surface area contributed by atoms with Crippen LogP contribution in [0.25, 0.3) is 11.1 Å². The van der Waals surface area contributed by atoms with Gasteiger partial charge in [0.05, 0.1) is 0 Å². The monoisotopic (exact) mass is 257 g/mol. The van der Waals surface area contributed by atoms with Crippen LogP contribution in [-0.2, 0) is 0 Å². The highest BCUT2D eigenvalue weighted by Gasteiger charge is 2.06. The maximum atomic E-state index is 13.1. The molecule has 2 aromatic rings. The predicted octanol–water partition coefficient (Wildman–Crippen LogP) is 3.49. The third-order valence-corrected chi connectivity index (χ3v) is 2.65. The van der Waals surface area contributed by atoms with Gasteiger partial charge in [-0.2, -0.15) is 0 Å². The Morgan fingerprint density at radius 2 is 1.94 bits per heavy atom. The van der Waals surface area contributed by atoms with Crippen molar-refractivity contribution in [3.8, 4) is 11.1 Å². The van der Waals surface area contributed by atoms with Crippen molar-refractivity contribution in [3.05, 3.63) is 56.7 Å². The second-order valence-corrected chi connectivity index (χ2v) is 4.03. The Morgan fingerprint density at radius 1 is 1.19 bits per heavy atom. The Bertz CT molecular complexity index is 595. The number of hydrogen-bond acceptors (Lipinski definition) is 1. The van der Waals surface area contributed by atoms with Gasteiger partial charge >= 0.3 is 0 Å². The van der Waals surface area contributed by atoms with Gasteiger partial charge in [0.1, 0.15) is 0 Å². The fraction of sp³-hybridized carbons (Fsp3) is 0.